The number of carbonyl (C=O) groups excluding carboxylic acids is 1. The smallest absolute Gasteiger partial charge is 0.451 e. The number of esters is 1. The molecule has 0 radical (unpaired) electrons. The van der Waals surface area contributed by atoms with E-state index in [1.54, 1.807) is 0 Å². The zero-order valence-electron chi connectivity index (χ0n) is 11.6. The molecule has 1 unspecified atom stereocenters. The standard InChI is InChI=1S/C11H11F9O4/c1-2-3-22-4-6(24-8(21)11(18,19)20)5-23-7(9(12,13)14)10(15,16)17/h2,6-7H,1,3-5H2. The largest absolute Gasteiger partial charge is 0.490 e. The first-order valence-electron chi connectivity index (χ1n) is 5.91. The molecule has 0 rings (SSSR count). The van der Waals surface area contributed by atoms with Crippen molar-refractivity contribution in [2.24, 2.45) is 0 Å². The first-order valence-corrected chi connectivity index (χ1v) is 5.91. The summed E-state index contributed by atoms with van der Waals surface area (Å²) in [6.45, 7) is 0.295. The highest BCUT2D eigenvalue weighted by molar-refractivity contribution is 5.75. The van der Waals surface area contributed by atoms with Crippen LogP contribution in [0.4, 0.5) is 39.5 Å². The van der Waals surface area contributed by atoms with Crippen LogP contribution in [-0.4, -0.2) is 56.5 Å². The topological polar surface area (TPSA) is 44.8 Å². The monoisotopic (exact) mass is 378 g/mol. The van der Waals surface area contributed by atoms with E-state index in [9.17, 15) is 44.3 Å². The fourth-order valence-corrected chi connectivity index (χ4v) is 1.20. The molecule has 24 heavy (non-hydrogen) atoms. The number of hydrogen-bond acceptors (Lipinski definition) is 4. The zero-order valence-corrected chi connectivity index (χ0v) is 11.6. The maximum atomic E-state index is 12.2. The molecule has 0 aromatic rings. The zero-order chi connectivity index (χ0) is 19.2. The molecule has 13 heteroatoms. The molecule has 0 saturated heterocycles. The third-order valence-corrected chi connectivity index (χ3v) is 2.09. The van der Waals surface area contributed by atoms with Crippen molar-refractivity contribution in [1.82, 2.24) is 0 Å². The summed E-state index contributed by atoms with van der Waals surface area (Å²) in [6.07, 6.45) is -22.5. The molecule has 0 aliphatic carbocycles. The van der Waals surface area contributed by atoms with Crippen LogP contribution in [0.1, 0.15) is 0 Å². The van der Waals surface area contributed by atoms with Crippen molar-refractivity contribution >= 4 is 5.97 Å². The maximum absolute atomic E-state index is 12.2. The Balaban J connectivity index is 4.96. The van der Waals surface area contributed by atoms with Gasteiger partial charge in [-0.2, -0.15) is 39.5 Å². The Morgan fingerprint density at radius 2 is 1.46 bits per heavy atom. The number of rotatable bonds is 8. The third kappa shape index (κ3) is 8.38. The van der Waals surface area contributed by atoms with Gasteiger partial charge in [0, 0.05) is 0 Å². The molecular formula is C11H11F9O4. The summed E-state index contributed by atoms with van der Waals surface area (Å²) in [4.78, 5) is 10.6. The third-order valence-electron chi connectivity index (χ3n) is 2.09. The predicted octanol–water partition coefficient (Wildman–Crippen LogP) is 3.17. The number of halogens is 9. The van der Waals surface area contributed by atoms with Crippen LogP contribution in [0.15, 0.2) is 12.7 Å². The van der Waals surface area contributed by atoms with E-state index in [0.717, 1.165) is 6.08 Å². The lowest BCUT2D eigenvalue weighted by Crippen LogP contribution is -2.46. The van der Waals surface area contributed by atoms with Crippen molar-refractivity contribution in [3.63, 3.8) is 0 Å². The van der Waals surface area contributed by atoms with Crippen LogP contribution in [0.25, 0.3) is 0 Å². The molecule has 1 atom stereocenters. The summed E-state index contributed by atoms with van der Waals surface area (Å²) in [7, 11) is 0. The highest BCUT2D eigenvalue weighted by Crippen LogP contribution is 2.35. The van der Waals surface area contributed by atoms with Gasteiger partial charge in [0.1, 0.15) is 6.10 Å². The van der Waals surface area contributed by atoms with Crippen LogP contribution in [-0.2, 0) is 19.0 Å². The number of alkyl halides is 9. The van der Waals surface area contributed by atoms with Crippen LogP contribution >= 0.6 is 0 Å². The summed E-state index contributed by atoms with van der Waals surface area (Å²) >= 11 is 0. The molecule has 0 aromatic carbocycles. The van der Waals surface area contributed by atoms with Crippen molar-refractivity contribution in [2.75, 3.05) is 19.8 Å². The molecular weight excluding hydrogens is 367 g/mol. The summed E-state index contributed by atoms with van der Waals surface area (Å²) in [5.41, 5.74) is 0. The summed E-state index contributed by atoms with van der Waals surface area (Å²) < 4.78 is 122. The molecule has 4 nitrogen and oxygen atoms in total. The Morgan fingerprint density at radius 3 is 1.83 bits per heavy atom. The molecule has 142 valence electrons. The fraction of sp³-hybridized carbons (Fsp3) is 0.727. The lowest BCUT2D eigenvalue weighted by atomic mass is 10.3. The van der Waals surface area contributed by atoms with Gasteiger partial charge in [0.15, 0.2) is 0 Å². The van der Waals surface area contributed by atoms with E-state index in [-0.39, 0.29) is 6.61 Å². The molecule has 0 fully saturated rings. The van der Waals surface area contributed by atoms with Crippen LogP contribution in [0.3, 0.4) is 0 Å². The molecule has 0 saturated carbocycles. The Bertz CT molecular complexity index is 399. The van der Waals surface area contributed by atoms with E-state index in [2.05, 4.69) is 20.8 Å². The van der Waals surface area contributed by atoms with Gasteiger partial charge in [-0.05, 0) is 0 Å². The van der Waals surface area contributed by atoms with E-state index in [1.165, 1.54) is 0 Å². The van der Waals surface area contributed by atoms with Crippen molar-refractivity contribution in [3.8, 4) is 0 Å². The first kappa shape index (κ1) is 22.5. The maximum Gasteiger partial charge on any atom is 0.490 e. The molecule has 0 N–H and O–H groups in total. The molecule has 0 aromatic heterocycles. The van der Waals surface area contributed by atoms with Gasteiger partial charge in [-0.3, -0.25) is 0 Å². The van der Waals surface area contributed by atoms with Gasteiger partial charge in [0.2, 0.25) is 6.10 Å². The number of carbonyl (C=O) groups is 1. The van der Waals surface area contributed by atoms with Crippen LogP contribution in [0.5, 0.6) is 0 Å². The SMILES string of the molecule is C=CCOCC(COC(C(F)(F)F)C(F)(F)F)OC(=O)C(F)(F)F. The second kappa shape index (κ2) is 8.55. The van der Waals surface area contributed by atoms with E-state index >= 15 is 0 Å². The van der Waals surface area contributed by atoms with E-state index in [1.807, 2.05) is 0 Å². The number of hydrogen-bond donors (Lipinski definition) is 0. The Labute approximate surface area is 129 Å². The summed E-state index contributed by atoms with van der Waals surface area (Å²) in [5, 5.41) is 0. The quantitative estimate of drug-likeness (QED) is 0.282. The Hall–Kier alpha value is -1.50. The normalized spacial score (nSPS) is 14.6. The van der Waals surface area contributed by atoms with E-state index in [4.69, 9.17) is 0 Å². The van der Waals surface area contributed by atoms with Gasteiger partial charge in [0.05, 0.1) is 19.8 Å². The average Bonchev–Trinajstić information content (AvgIpc) is 2.34. The van der Waals surface area contributed by atoms with Gasteiger partial charge in [-0.25, -0.2) is 4.79 Å². The van der Waals surface area contributed by atoms with Gasteiger partial charge < -0.3 is 14.2 Å². The van der Waals surface area contributed by atoms with Crippen molar-refractivity contribution in [1.29, 1.82) is 0 Å². The first-order chi connectivity index (χ1) is 10.7. The highest BCUT2D eigenvalue weighted by atomic mass is 19.4. The second-order valence-corrected chi connectivity index (χ2v) is 4.15. The minimum Gasteiger partial charge on any atom is -0.451 e. The fourth-order valence-electron chi connectivity index (χ4n) is 1.20. The second-order valence-electron chi connectivity index (χ2n) is 4.15. The lowest BCUT2D eigenvalue weighted by molar-refractivity contribution is -0.325. The highest BCUT2D eigenvalue weighted by Gasteiger charge is 2.58. The van der Waals surface area contributed by atoms with Gasteiger partial charge >= 0.3 is 24.5 Å². The van der Waals surface area contributed by atoms with Crippen molar-refractivity contribution in [2.45, 2.75) is 30.7 Å². The van der Waals surface area contributed by atoms with Crippen LogP contribution < -0.4 is 0 Å². The summed E-state index contributed by atoms with van der Waals surface area (Å²) in [5.74, 6) is -2.81. The van der Waals surface area contributed by atoms with E-state index < -0.39 is 49.9 Å². The molecule has 0 heterocycles. The van der Waals surface area contributed by atoms with Crippen LogP contribution in [0.2, 0.25) is 0 Å². The van der Waals surface area contributed by atoms with Crippen molar-refractivity contribution < 1.29 is 58.5 Å². The Morgan fingerprint density at radius 1 is 0.958 bits per heavy atom. The predicted molar refractivity (Wildman–Crippen MR) is 58.8 cm³/mol. The lowest BCUT2D eigenvalue weighted by Gasteiger charge is -2.25. The molecule has 0 aliphatic heterocycles. The summed E-state index contributed by atoms with van der Waals surface area (Å²) in [6, 6.07) is 0. The molecule has 0 amide bonds. The van der Waals surface area contributed by atoms with Gasteiger partial charge in [0.25, 0.3) is 0 Å². The average molecular weight is 378 g/mol. The van der Waals surface area contributed by atoms with E-state index in [0.29, 0.717) is 0 Å². The van der Waals surface area contributed by atoms with Gasteiger partial charge in [-0.1, -0.05) is 6.08 Å². The van der Waals surface area contributed by atoms with Crippen molar-refractivity contribution in [3.05, 3.63) is 12.7 Å². The van der Waals surface area contributed by atoms with Crippen LogP contribution in [0, 0.1) is 0 Å². The molecule has 0 bridgehead atoms. The Kier molecular flexibility index (Phi) is 8.02. The van der Waals surface area contributed by atoms with Gasteiger partial charge in [-0.15, -0.1) is 6.58 Å². The minimum absolute atomic E-state index is 0.304. The molecule has 0 aliphatic rings. The number of ether oxygens (including phenoxy) is 3. The molecule has 0 spiro atoms. The minimum atomic E-state index is -5.86.